The predicted molar refractivity (Wildman–Crippen MR) is 99.8 cm³/mol. The van der Waals surface area contributed by atoms with Gasteiger partial charge in [0.2, 0.25) is 0 Å². The Labute approximate surface area is 149 Å². The molecular formula is C19H27N5O. The van der Waals surface area contributed by atoms with Crippen LogP contribution < -0.4 is 10.6 Å². The third-order valence-electron chi connectivity index (χ3n) is 4.38. The van der Waals surface area contributed by atoms with E-state index in [0.717, 1.165) is 57.3 Å². The molecule has 1 aliphatic rings. The summed E-state index contributed by atoms with van der Waals surface area (Å²) in [4.78, 5) is 8.76. The Bertz CT molecular complexity index is 661. The number of nitrogens with one attached hydrogen (secondary N) is 2. The average Bonchev–Trinajstić information content (AvgIpc) is 3.31. The number of imidazole rings is 1. The quantitative estimate of drug-likeness (QED) is 0.596. The van der Waals surface area contributed by atoms with Crippen molar-refractivity contribution in [3.05, 3.63) is 54.1 Å². The predicted octanol–water partition coefficient (Wildman–Crippen LogP) is 1.82. The number of hydrogen-bond donors (Lipinski definition) is 2. The highest BCUT2D eigenvalue weighted by molar-refractivity contribution is 5.79. The summed E-state index contributed by atoms with van der Waals surface area (Å²) in [5.74, 6) is 1.89. The smallest absolute Gasteiger partial charge is 0.191 e. The van der Waals surface area contributed by atoms with Crippen LogP contribution in [-0.4, -0.2) is 48.4 Å². The lowest BCUT2D eigenvalue weighted by molar-refractivity contribution is 0.114. The molecule has 0 spiro atoms. The molecule has 6 nitrogen and oxygen atoms in total. The first kappa shape index (κ1) is 17.5. The van der Waals surface area contributed by atoms with Crippen LogP contribution in [-0.2, 0) is 17.7 Å². The van der Waals surface area contributed by atoms with E-state index in [0.29, 0.717) is 6.10 Å². The van der Waals surface area contributed by atoms with Crippen LogP contribution in [0.4, 0.5) is 0 Å². The normalized spacial score (nSPS) is 17.6. The summed E-state index contributed by atoms with van der Waals surface area (Å²) in [5, 5.41) is 6.69. The Morgan fingerprint density at radius 3 is 2.96 bits per heavy atom. The van der Waals surface area contributed by atoms with Gasteiger partial charge in [0, 0.05) is 52.1 Å². The highest BCUT2D eigenvalue weighted by Crippen LogP contribution is 2.10. The molecule has 2 aromatic rings. The fourth-order valence-corrected chi connectivity index (χ4v) is 3.02. The Morgan fingerprint density at radius 2 is 2.20 bits per heavy atom. The van der Waals surface area contributed by atoms with Crippen molar-refractivity contribution in [1.29, 1.82) is 0 Å². The molecule has 1 aliphatic heterocycles. The number of aliphatic imine (C=N–C) groups is 1. The zero-order valence-corrected chi connectivity index (χ0v) is 14.8. The second-order valence-corrected chi connectivity index (χ2v) is 6.22. The van der Waals surface area contributed by atoms with E-state index in [1.165, 1.54) is 5.56 Å². The van der Waals surface area contributed by atoms with Gasteiger partial charge in [-0.05, 0) is 18.4 Å². The number of hydrogen-bond acceptors (Lipinski definition) is 3. The third kappa shape index (κ3) is 5.32. The number of ether oxygens (including phenoxy) is 1. The fourth-order valence-electron chi connectivity index (χ4n) is 3.02. The van der Waals surface area contributed by atoms with E-state index in [1.807, 2.05) is 18.5 Å². The molecule has 0 amide bonds. The van der Waals surface area contributed by atoms with E-state index >= 15 is 0 Å². The highest BCUT2D eigenvalue weighted by atomic mass is 16.5. The van der Waals surface area contributed by atoms with Gasteiger partial charge in [0.25, 0.3) is 0 Å². The van der Waals surface area contributed by atoms with E-state index in [2.05, 4.69) is 49.4 Å². The maximum atomic E-state index is 5.62. The van der Waals surface area contributed by atoms with Crippen LogP contribution in [0.25, 0.3) is 0 Å². The van der Waals surface area contributed by atoms with Gasteiger partial charge in [-0.2, -0.15) is 0 Å². The Morgan fingerprint density at radius 1 is 1.32 bits per heavy atom. The zero-order valence-electron chi connectivity index (χ0n) is 14.8. The largest absolute Gasteiger partial charge is 0.376 e. The summed E-state index contributed by atoms with van der Waals surface area (Å²) in [7, 11) is 1.79. The van der Waals surface area contributed by atoms with Gasteiger partial charge in [0.05, 0.1) is 6.10 Å². The number of guanidine groups is 1. The molecule has 0 saturated carbocycles. The van der Waals surface area contributed by atoms with Crippen LogP contribution >= 0.6 is 0 Å². The van der Waals surface area contributed by atoms with Crippen LogP contribution in [0.15, 0.2) is 47.7 Å². The first-order valence-corrected chi connectivity index (χ1v) is 8.95. The number of aromatic nitrogens is 2. The van der Waals surface area contributed by atoms with Crippen LogP contribution in [0.1, 0.15) is 24.2 Å². The van der Waals surface area contributed by atoms with Gasteiger partial charge in [-0.25, -0.2) is 4.98 Å². The number of rotatable bonds is 7. The van der Waals surface area contributed by atoms with Gasteiger partial charge in [-0.1, -0.05) is 30.3 Å². The van der Waals surface area contributed by atoms with Crippen LogP contribution in [0.3, 0.4) is 0 Å². The molecular weight excluding hydrogens is 314 g/mol. The van der Waals surface area contributed by atoms with Crippen molar-refractivity contribution >= 4 is 5.96 Å². The van der Waals surface area contributed by atoms with Crippen LogP contribution in [0.2, 0.25) is 0 Å². The van der Waals surface area contributed by atoms with Crippen molar-refractivity contribution in [2.24, 2.45) is 4.99 Å². The molecule has 2 heterocycles. The summed E-state index contributed by atoms with van der Waals surface area (Å²) in [6, 6.07) is 10.4. The lowest BCUT2D eigenvalue weighted by Crippen LogP contribution is -2.41. The first-order valence-electron chi connectivity index (χ1n) is 8.95. The fraction of sp³-hybridized carbons (Fsp3) is 0.474. The van der Waals surface area contributed by atoms with Crippen molar-refractivity contribution in [2.75, 3.05) is 26.7 Å². The van der Waals surface area contributed by atoms with Gasteiger partial charge in [-0.15, -0.1) is 0 Å². The molecule has 6 heteroatoms. The number of benzene rings is 1. The molecule has 0 bridgehead atoms. The Hall–Kier alpha value is -2.34. The Balaban J connectivity index is 1.44. The van der Waals surface area contributed by atoms with E-state index in [9.17, 15) is 0 Å². The van der Waals surface area contributed by atoms with Gasteiger partial charge >= 0.3 is 0 Å². The maximum absolute atomic E-state index is 5.62. The Kier molecular flexibility index (Phi) is 6.45. The van der Waals surface area contributed by atoms with Crippen molar-refractivity contribution in [1.82, 2.24) is 20.2 Å². The van der Waals surface area contributed by atoms with Crippen LogP contribution in [0.5, 0.6) is 0 Å². The summed E-state index contributed by atoms with van der Waals surface area (Å²) >= 11 is 0. The van der Waals surface area contributed by atoms with Crippen molar-refractivity contribution < 1.29 is 4.74 Å². The van der Waals surface area contributed by atoms with Gasteiger partial charge in [0.1, 0.15) is 5.82 Å². The molecule has 1 unspecified atom stereocenters. The lowest BCUT2D eigenvalue weighted by Gasteiger charge is -2.15. The molecule has 134 valence electrons. The molecule has 1 aromatic heterocycles. The third-order valence-corrected chi connectivity index (χ3v) is 4.38. The van der Waals surface area contributed by atoms with Crippen molar-refractivity contribution in [3.63, 3.8) is 0 Å². The SMILES string of the molecule is CN=C(NCCc1nccn1Cc1ccccc1)NCC1CCCO1. The monoisotopic (exact) mass is 341 g/mol. The first-order chi connectivity index (χ1) is 12.3. The van der Waals surface area contributed by atoms with E-state index in [1.54, 1.807) is 7.05 Å². The molecule has 1 fully saturated rings. The van der Waals surface area contributed by atoms with Gasteiger partial charge in [0.15, 0.2) is 5.96 Å². The summed E-state index contributed by atoms with van der Waals surface area (Å²) in [6.07, 6.45) is 7.34. The van der Waals surface area contributed by atoms with Crippen molar-refractivity contribution in [3.8, 4) is 0 Å². The van der Waals surface area contributed by atoms with Crippen molar-refractivity contribution in [2.45, 2.75) is 31.9 Å². The van der Waals surface area contributed by atoms with Crippen LogP contribution in [0, 0.1) is 0 Å². The number of nitrogens with zero attached hydrogens (tertiary/aromatic N) is 3. The minimum atomic E-state index is 0.309. The zero-order chi connectivity index (χ0) is 17.3. The molecule has 2 N–H and O–H groups in total. The maximum Gasteiger partial charge on any atom is 0.191 e. The average molecular weight is 341 g/mol. The van der Waals surface area contributed by atoms with Gasteiger partial charge in [-0.3, -0.25) is 4.99 Å². The molecule has 1 saturated heterocycles. The molecule has 0 aliphatic carbocycles. The standard InChI is InChI=1S/C19H27N5O/c1-20-19(23-14-17-8-5-13-25-17)22-10-9-18-21-11-12-24(18)15-16-6-3-2-4-7-16/h2-4,6-7,11-12,17H,5,8-10,13-15H2,1H3,(H2,20,22,23). The van der Waals surface area contributed by atoms with Gasteiger partial charge < -0.3 is 19.9 Å². The molecule has 1 aromatic carbocycles. The molecule has 3 rings (SSSR count). The topological polar surface area (TPSA) is 63.5 Å². The summed E-state index contributed by atoms with van der Waals surface area (Å²) in [5.41, 5.74) is 1.28. The molecule has 25 heavy (non-hydrogen) atoms. The summed E-state index contributed by atoms with van der Waals surface area (Å²) in [6.45, 7) is 3.32. The van der Waals surface area contributed by atoms with E-state index < -0.39 is 0 Å². The molecule has 1 atom stereocenters. The highest BCUT2D eigenvalue weighted by Gasteiger charge is 2.15. The summed E-state index contributed by atoms with van der Waals surface area (Å²) < 4.78 is 7.82. The second kappa shape index (κ2) is 9.22. The minimum Gasteiger partial charge on any atom is -0.376 e. The lowest BCUT2D eigenvalue weighted by atomic mass is 10.2. The second-order valence-electron chi connectivity index (χ2n) is 6.22. The van der Waals surface area contributed by atoms with E-state index in [4.69, 9.17) is 4.74 Å². The molecule has 0 radical (unpaired) electrons. The minimum absolute atomic E-state index is 0.309. The van der Waals surface area contributed by atoms with E-state index in [-0.39, 0.29) is 0 Å².